The maximum atomic E-state index is 12.3. The fourth-order valence-corrected chi connectivity index (χ4v) is 3.70. The third kappa shape index (κ3) is 4.49. The molecule has 21 heavy (non-hydrogen) atoms. The minimum absolute atomic E-state index is 0.180. The molecule has 2 N–H and O–H groups in total. The van der Waals surface area contributed by atoms with Gasteiger partial charge in [-0.25, -0.2) is 0 Å². The number of carbonyl (C=O) groups is 1. The van der Waals surface area contributed by atoms with Gasteiger partial charge in [0.25, 0.3) is 0 Å². The van der Waals surface area contributed by atoms with Crippen LogP contribution in [0.2, 0.25) is 0 Å². The van der Waals surface area contributed by atoms with Crippen molar-refractivity contribution in [2.75, 3.05) is 26.2 Å². The van der Waals surface area contributed by atoms with Gasteiger partial charge in [0.05, 0.1) is 17.5 Å². The molecule has 1 aliphatic heterocycles. The number of thiocarbonyl (C=S) groups is 1. The Morgan fingerprint density at radius 1 is 1.43 bits per heavy atom. The summed E-state index contributed by atoms with van der Waals surface area (Å²) in [4.78, 5) is 18.3. The molecule has 4 nitrogen and oxygen atoms in total. The lowest BCUT2D eigenvalue weighted by atomic mass is 10.1. The molecule has 1 aliphatic rings. The van der Waals surface area contributed by atoms with E-state index in [1.54, 1.807) is 11.3 Å². The van der Waals surface area contributed by atoms with Crippen LogP contribution in [-0.2, 0) is 11.2 Å². The minimum atomic E-state index is 0.180. The third-order valence-electron chi connectivity index (χ3n) is 3.90. The van der Waals surface area contributed by atoms with Crippen LogP contribution in [0, 0.1) is 0 Å². The van der Waals surface area contributed by atoms with E-state index in [-0.39, 0.29) is 11.9 Å². The van der Waals surface area contributed by atoms with Gasteiger partial charge in [-0.05, 0) is 17.9 Å². The van der Waals surface area contributed by atoms with Gasteiger partial charge in [-0.1, -0.05) is 31.6 Å². The Morgan fingerprint density at radius 2 is 2.14 bits per heavy atom. The quantitative estimate of drug-likeness (QED) is 0.812. The molecule has 1 aromatic rings. The SMILES string of the molecule is CCCC(C(N)=S)N1CCN(C(=O)Cc2cccs2)CC1. The first kappa shape index (κ1) is 16.4. The molecule has 0 saturated carbocycles. The number of thiophene rings is 1. The van der Waals surface area contributed by atoms with Gasteiger partial charge in [-0.15, -0.1) is 11.3 Å². The Morgan fingerprint density at radius 3 is 2.67 bits per heavy atom. The summed E-state index contributed by atoms with van der Waals surface area (Å²) in [5, 5.41) is 2.01. The first-order valence-electron chi connectivity index (χ1n) is 7.45. The minimum Gasteiger partial charge on any atom is -0.392 e. The van der Waals surface area contributed by atoms with Gasteiger partial charge in [-0.2, -0.15) is 0 Å². The molecule has 2 rings (SSSR count). The van der Waals surface area contributed by atoms with Gasteiger partial charge >= 0.3 is 0 Å². The summed E-state index contributed by atoms with van der Waals surface area (Å²) in [7, 11) is 0. The molecule has 6 heteroatoms. The molecule has 1 atom stereocenters. The van der Waals surface area contributed by atoms with Crippen molar-refractivity contribution in [3.05, 3.63) is 22.4 Å². The standard InChI is InChI=1S/C15H23N3OS2/c1-2-4-13(15(16)20)17-6-8-18(9-7-17)14(19)11-12-5-3-10-21-12/h3,5,10,13H,2,4,6-9,11H2,1H3,(H2,16,20). The lowest BCUT2D eigenvalue weighted by molar-refractivity contribution is -0.132. The van der Waals surface area contributed by atoms with Gasteiger partial charge in [0, 0.05) is 31.1 Å². The summed E-state index contributed by atoms with van der Waals surface area (Å²) in [5.41, 5.74) is 5.85. The summed E-state index contributed by atoms with van der Waals surface area (Å²) in [6.45, 7) is 5.41. The van der Waals surface area contributed by atoms with E-state index in [0.717, 1.165) is 43.9 Å². The second-order valence-corrected chi connectivity index (χ2v) is 6.88. The number of rotatable bonds is 6. The zero-order valence-electron chi connectivity index (χ0n) is 12.5. The fourth-order valence-electron chi connectivity index (χ4n) is 2.74. The van der Waals surface area contributed by atoms with Crippen molar-refractivity contribution >= 4 is 34.5 Å². The van der Waals surface area contributed by atoms with Crippen LogP contribution in [0.5, 0.6) is 0 Å². The molecule has 1 saturated heterocycles. The predicted octanol–water partition coefficient (Wildman–Crippen LogP) is 1.89. The molecule has 0 aromatic carbocycles. The zero-order valence-corrected chi connectivity index (χ0v) is 14.1. The molecule has 1 amide bonds. The summed E-state index contributed by atoms with van der Waals surface area (Å²) in [6.07, 6.45) is 2.59. The molecule has 1 fully saturated rings. The van der Waals surface area contributed by atoms with Crippen molar-refractivity contribution in [3.63, 3.8) is 0 Å². The second kappa shape index (κ2) is 7.87. The Balaban J connectivity index is 1.84. The highest BCUT2D eigenvalue weighted by atomic mass is 32.1. The third-order valence-corrected chi connectivity index (χ3v) is 5.05. The van der Waals surface area contributed by atoms with E-state index in [2.05, 4.69) is 11.8 Å². The topological polar surface area (TPSA) is 49.6 Å². The molecule has 1 aromatic heterocycles. The van der Waals surface area contributed by atoms with Crippen molar-refractivity contribution in [2.24, 2.45) is 5.73 Å². The maximum absolute atomic E-state index is 12.3. The highest BCUT2D eigenvalue weighted by molar-refractivity contribution is 7.80. The smallest absolute Gasteiger partial charge is 0.227 e. The summed E-state index contributed by atoms with van der Waals surface area (Å²) >= 11 is 6.82. The monoisotopic (exact) mass is 325 g/mol. The predicted molar refractivity (Wildman–Crippen MR) is 91.7 cm³/mol. The van der Waals surface area contributed by atoms with E-state index in [4.69, 9.17) is 18.0 Å². The van der Waals surface area contributed by atoms with Crippen LogP contribution in [0.4, 0.5) is 0 Å². The van der Waals surface area contributed by atoms with Crippen molar-refractivity contribution in [3.8, 4) is 0 Å². The molecule has 0 radical (unpaired) electrons. The van der Waals surface area contributed by atoms with E-state index in [1.165, 1.54) is 0 Å². The molecule has 1 unspecified atom stereocenters. The molecule has 116 valence electrons. The van der Waals surface area contributed by atoms with Crippen LogP contribution >= 0.6 is 23.6 Å². The fraction of sp³-hybridized carbons (Fsp3) is 0.600. The normalized spacial score (nSPS) is 17.7. The van der Waals surface area contributed by atoms with Crippen LogP contribution < -0.4 is 5.73 Å². The summed E-state index contributed by atoms with van der Waals surface area (Å²) in [5.74, 6) is 0.222. The number of carbonyl (C=O) groups excluding carboxylic acids is 1. The van der Waals surface area contributed by atoms with E-state index in [9.17, 15) is 4.79 Å². The average molecular weight is 326 g/mol. The number of nitrogens with two attached hydrogens (primary N) is 1. The zero-order chi connectivity index (χ0) is 15.2. The van der Waals surface area contributed by atoms with Crippen molar-refractivity contribution < 1.29 is 4.79 Å². The molecule has 2 heterocycles. The highest BCUT2D eigenvalue weighted by Gasteiger charge is 2.27. The van der Waals surface area contributed by atoms with Crippen LogP contribution in [0.1, 0.15) is 24.6 Å². The van der Waals surface area contributed by atoms with Gasteiger partial charge in [0.1, 0.15) is 0 Å². The largest absolute Gasteiger partial charge is 0.392 e. The Labute approximate surface area is 135 Å². The number of hydrogen-bond acceptors (Lipinski definition) is 4. The number of hydrogen-bond donors (Lipinski definition) is 1. The molecule has 0 spiro atoms. The summed E-state index contributed by atoms with van der Waals surface area (Å²) < 4.78 is 0. The van der Waals surface area contributed by atoms with Crippen LogP contribution in [0.15, 0.2) is 17.5 Å². The molecular formula is C15H23N3OS2. The Hall–Kier alpha value is -0.980. The van der Waals surface area contributed by atoms with Gasteiger partial charge in [0.15, 0.2) is 0 Å². The van der Waals surface area contributed by atoms with Crippen LogP contribution in [0.25, 0.3) is 0 Å². The second-order valence-electron chi connectivity index (χ2n) is 5.38. The van der Waals surface area contributed by atoms with E-state index in [0.29, 0.717) is 11.4 Å². The Bertz CT molecular complexity index is 467. The van der Waals surface area contributed by atoms with Gasteiger partial charge in [0.2, 0.25) is 5.91 Å². The van der Waals surface area contributed by atoms with E-state index < -0.39 is 0 Å². The first-order chi connectivity index (χ1) is 10.1. The lowest BCUT2D eigenvalue weighted by Gasteiger charge is -2.39. The molecular weight excluding hydrogens is 302 g/mol. The van der Waals surface area contributed by atoms with Crippen molar-refractivity contribution in [2.45, 2.75) is 32.2 Å². The Kier molecular flexibility index (Phi) is 6.14. The van der Waals surface area contributed by atoms with Crippen LogP contribution in [-0.4, -0.2) is 52.9 Å². The molecule has 0 bridgehead atoms. The summed E-state index contributed by atoms with van der Waals surface area (Å²) in [6, 6.07) is 4.19. The number of nitrogens with zero attached hydrogens (tertiary/aromatic N) is 2. The van der Waals surface area contributed by atoms with Crippen molar-refractivity contribution in [1.82, 2.24) is 9.80 Å². The number of piperazine rings is 1. The first-order valence-corrected chi connectivity index (χ1v) is 8.74. The molecule has 0 aliphatic carbocycles. The van der Waals surface area contributed by atoms with Gasteiger partial charge in [-0.3, -0.25) is 9.69 Å². The number of amides is 1. The lowest BCUT2D eigenvalue weighted by Crippen LogP contribution is -2.55. The average Bonchev–Trinajstić information content (AvgIpc) is 2.97. The van der Waals surface area contributed by atoms with Crippen LogP contribution in [0.3, 0.4) is 0 Å². The highest BCUT2D eigenvalue weighted by Crippen LogP contribution is 2.14. The van der Waals surface area contributed by atoms with E-state index >= 15 is 0 Å². The van der Waals surface area contributed by atoms with Crippen molar-refractivity contribution in [1.29, 1.82) is 0 Å². The van der Waals surface area contributed by atoms with Gasteiger partial charge < -0.3 is 10.6 Å². The maximum Gasteiger partial charge on any atom is 0.227 e. The van der Waals surface area contributed by atoms with E-state index in [1.807, 2.05) is 22.4 Å².